The van der Waals surface area contributed by atoms with Crippen LogP contribution in [0.25, 0.3) is 0 Å². The van der Waals surface area contributed by atoms with E-state index in [9.17, 15) is 4.79 Å². The first-order valence-electron chi connectivity index (χ1n) is 8.82. The van der Waals surface area contributed by atoms with E-state index in [-0.39, 0.29) is 5.91 Å². The topological polar surface area (TPSA) is 50.7 Å². The van der Waals surface area contributed by atoms with Crippen LogP contribution in [0, 0.1) is 6.92 Å². The van der Waals surface area contributed by atoms with Gasteiger partial charge in [0.1, 0.15) is 5.75 Å². The van der Waals surface area contributed by atoms with E-state index in [1.807, 2.05) is 43.3 Å². The van der Waals surface area contributed by atoms with Crippen LogP contribution in [0.2, 0.25) is 0 Å². The minimum atomic E-state index is -0.219. The van der Waals surface area contributed by atoms with Gasteiger partial charge >= 0.3 is 0 Å². The average Bonchev–Trinajstić information content (AvgIpc) is 2.63. The molecule has 0 spiro atoms. The Morgan fingerprint density at radius 3 is 2.44 bits per heavy atom. The third-order valence-corrected chi connectivity index (χ3v) is 3.84. The predicted molar refractivity (Wildman–Crippen MR) is 102 cm³/mol. The molecule has 2 aromatic carbocycles. The largest absolute Gasteiger partial charge is 0.494 e. The fourth-order valence-electron chi connectivity index (χ4n) is 2.30. The zero-order chi connectivity index (χ0) is 17.9. The summed E-state index contributed by atoms with van der Waals surface area (Å²) in [5.74, 6) is 0.639. The number of aryl methyl sites for hydroxylation is 1. The predicted octanol–water partition coefficient (Wildman–Crippen LogP) is 4.72. The van der Waals surface area contributed by atoms with Crippen molar-refractivity contribution in [3.05, 3.63) is 65.2 Å². The summed E-state index contributed by atoms with van der Waals surface area (Å²) < 4.78 is 5.70. The number of hydrogen-bond acceptors (Lipinski definition) is 3. The number of nitrogens with zero attached hydrogens (tertiary/aromatic N) is 1. The van der Waals surface area contributed by atoms with Crippen molar-refractivity contribution in [1.29, 1.82) is 0 Å². The lowest BCUT2D eigenvalue weighted by Crippen LogP contribution is -2.17. The normalized spacial score (nSPS) is 10.8. The molecule has 0 aliphatic carbocycles. The molecule has 0 atom stereocenters. The van der Waals surface area contributed by atoms with E-state index in [2.05, 4.69) is 17.5 Å². The summed E-state index contributed by atoms with van der Waals surface area (Å²) in [7, 11) is 0. The van der Waals surface area contributed by atoms with Gasteiger partial charge in [-0.05, 0) is 55.3 Å². The highest BCUT2D eigenvalue weighted by molar-refractivity contribution is 5.94. The Morgan fingerprint density at radius 1 is 1.04 bits per heavy atom. The molecule has 0 aliphatic heterocycles. The van der Waals surface area contributed by atoms with Crippen LogP contribution >= 0.6 is 0 Å². The zero-order valence-electron chi connectivity index (χ0n) is 15.0. The van der Waals surface area contributed by atoms with Crippen LogP contribution < -0.4 is 10.2 Å². The number of carbonyl (C=O) groups is 1. The van der Waals surface area contributed by atoms with Crippen molar-refractivity contribution in [2.24, 2.45) is 5.10 Å². The molecule has 0 saturated carbocycles. The Balaban J connectivity index is 1.77. The van der Waals surface area contributed by atoms with E-state index >= 15 is 0 Å². The first kappa shape index (κ1) is 18.7. The van der Waals surface area contributed by atoms with Gasteiger partial charge in [-0.1, -0.05) is 43.9 Å². The van der Waals surface area contributed by atoms with Crippen molar-refractivity contribution in [3.63, 3.8) is 0 Å². The molecule has 2 rings (SSSR count). The summed E-state index contributed by atoms with van der Waals surface area (Å²) in [6.45, 7) is 4.93. The van der Waals surface area contributed by atoms with E-state index in [4.69, 9.17) is 4.74 Å². The van der Waals surface area contributed by atoms with Crippen molar-refractivity contribution >= 4 is 12.1 Å². The van der Waals surface area contributed by atoms with Crippen molar-refractivity contribution in [2.45, 2.75) is 39.5 Å². The molecule has 0 fully saturated rings. The fraction of sp³-hybridized carbons (Fsp3) is 0.333. The van der Waals surface area contributed by atoms with Gasteiger partial charge in [0.05, 0.1) is 12.8 Å². The summed E-state index contributed by atoms with van der Waals surface area (Å²) in [6, 6.07) is 15.1. The average molecular weight is 338 g/mol. The van der Waals surface area contributed by atoms with Crippen molar-refractivity contribution < 1.29 is 9.53 Å². The minimum Gasteiger partial charge on any atom is -0.494 e. The highest BCUT2D eigenvalue weighted by Gasteiger charge is 2.02. The van der Waals surface area contributed by atoms with Gasteiger partial charge in [0, 0.05) is 5.56 Å². The number of ether oxygens (including phenoxy) is 1. The van der Waals surface area contributed by atoms with Gasteiger partial charge in [0.2, 0.25) is 0 Å². The Kier molecular flexibility index (Phi) is 7.70. The first-order chi connectivity index (χ1) is 12.2. The van der Waals surface area contributed by atoms with Crippen LogP contribution in [0.3, 0.4) is 0 Å². The molecular weight excluding hydrogens is 312 g/mol. The van der Waals surface area contributed by atoms with Gasteiger partial charge in [-0.2, -0.15) is 5.10 Å². The molecule has 132 valence electrons. The smallest absolute Gasteiger partial charge is 0.271 e. The lowest BCUT2D eigenvalue weighted by atomic mass is 10.1. The van der Waals surface area contributed by atoms with Crippen molar-refractivity contribution in [2.75, 3.05) is 6.61 Å². The van der Waals surface area contributed by atoms with Gasteiger partial charge in [0.15, 0.2) is 0 Å². The molecule has 0 radical (unpaired) electrons. The highest BCUT2D eigenvalue weighted by atomic mass is 16.5. The molecule has 0 heterocycles. The third kappa shape index (κ3) is 6.79. The van der Waals surface area contributed by atoms with Crippen LogP contribution in [0.4, 0.5) is 0 Å². The standard InChI is InChI=1S/C21H26N2O2/c1-3-4-5-6-15-25-20-13-9-18(10-14-20)16-22-23-21(24)19-11-7-17(2)8-12-19/h7-14,16H,3-6,15H2,1-2H3,(H,23,24)/b22-16+. The number of amides is 1. The molecule has 25 heavy (non-hydrogen) atoms. The molecule has 4 nitrogen and oxygen atoms in total. The molecule has 2 aromatic rings. The summed E-state index contributed by atoms with van der Waals surface area (Å²) in [5.41, 5.74) is 5.15. The Morgan fingerprint density at radius 2 is 1.76 bits per heavy atom. The molecule has 0 unspecified atom stereocenters. The summed E-state index contributed by atoms with van der Waals surface area (Å²) in [4.78, 5) is 11.9. The minimum absolute atomic E-state index is 0.219. The number of carbonyl (C=O) groups excluding carboxylic acids is 1. The molecule has 0 aromatic heterocycles. The van der Waals surface area contributed by atoms with Gasteiger partial charge in [-0.3, -0.25) is 4.79 Å². The number of hydrogen-bond donors (Lipinski definition) is 1. The number of hydrazone groups is 1. The maximum Gasteiger partial charge on any atom is 0.271 e. The van der Waals surface area contributed by atoms with E-state index < -0.39 is 0 Å². The molecule has 0 saturated heterocycles. The molecule has 1 amide bonds. The third-order valence-electron chi connectivity index (χ3n) is 3.84. The summed E-state index contributed by atoms with van der Waals surface area (Å²) in [5, 5.41) is 4.00. The van der Waals surface area contributed by atoms with Gasteiger partial charge in [0.25, 0.3) is 5.91 Å². The van der Waals surface area contributed by atoms with Crippen LogP contribution in [0.1, 0.15) is 54.1 Å². The van der Waals surface area contributed by atoms with Crippen molar-refractivity contribution in [1.82, 2.24) is 5.43 Å². The fourth-order valence-corrected chi connectivity index (χ4v) is 2.30. The van der Waals surface area contributed by atoms with E-state index in [0.29, 0.717) is 5.56 Å². The second-order valence-electron chi connectivity index (χ2n) is 6.04. The van der Waals surface area contributed by atoms with E-state index in [0.717, 1.165) is 29.9 Å². The second-order valence-corrected chi connectivity index (χ2v) is 6.04. The van der Waals surface area contributed by atoms with Gasteiger partial charge < -0.3 is 4.74 Å². The van der Waals surface area contributed by atoms with Crippen LogP contribution in [0.15, 0.2) is 53.6 Å². The van der Waals surface area contributed by atoms with Gasteiger partial charge in [-0.25, -0.2) is 5.43 Å². The highest BCUT2D eigenvalue weighted by Crippen LogP contribution is 2.12. The Bertz CT molecular complexity index is 676. The lowest BCUT2D eigenvalue weighted by Gasteiger charge is -2.06. The van der Waals surface area contributed by atoms with Crippen LogP contribution in [0.5, 0.6) is 5.75 Å². The van der Waals surface area contributed by atoms with Crippen LogP contribution in [-0.2, 0) is 0 Å². The monoisotopic (exact) mass is 338 g/mol. The maximum absolute atomic E-state index is 11.9. The summed E-state index contributed by atoms with van der Waals surface area (Å²) in [6.07, 6.45) is 6.41. The van der Waals surface area contributed by atoms with Crippen molar-refractivity contribution in [3.8, 4) is 5.75 Å². The lowest BCUT2D eigenvalue weighted by molar-refractivity contribution is 0.0955. The SMILES string of the molecule is CCCCCCOc1ccc(/C=N/NC(=O)c2ccc(C)cc2)cc1. The molecule has 0 aliphatic rings. The Labute approximate surface area is 149 Å². The first-order valence-corrected chi connectivity index (χ1v) is 8.82. The molecule has 4 heteroatoms. The quantitative estimate of drug-likeness (QED) is 0.409. The maximum atomic E-state index is 11.9. The second kappa shape index (κ2) is 10.3. The zero-order valence-corrected chi connectivity index (χ0v) is 15.0. The summed E-state index contributed by atoms with van der Waals surface area (Å²) >= 11 is 0. The number of rotatable bonds is 9. The number of nitrogens with one attached hydrogen (secondary N) is 1. The van der Waals surface area contributed by atoms with E-state index in [1.54, 1.807) is 18.3 Å². The molecular formula is C21H26N2O2. The van der Waals surface area contributed by atoms with Crippen LogP contribution in [-0.4, -0.2) is 18.7 Å². The van der Waals surface area contributed by atoms with E-state index in [1.165, 1.54) is 19.3 Å². The molecule has 1 N–H and O–H groups in total. The number of unbranched alkanes of at least 4 members (excludes halogenated alkanes) is 3. The number of benzene rings is 2. The Hall–Kier alpha value is -2.62. The van der Waals surface area contributed by atoms with Gasteiger partial charge in [-0.15, -0.1) is 0 Å². The molecule has 0 bridgehead atoms.